The molecule has 21 heteroatoms. The number of benzene rings is 2. The van der Waals surface area contributed by atoms with Crippen molar-refractivity contribution in [1.29, 1.82) is 0 Å². The minimum Gasteiger partial charge on any atom is -0.475 e. The molecule has 0 radical (unpaired) electrons. The number of anilines is 2. The van der Waals surface area contributed by atoms with Crippen molar-refractivity contribution >= 4 is 78.1 Å². The van der Waals surface area contributed by atoms with Crippen molar-refractivity contribution in [2.45, 2.75) is 13.8 Å². The molecule has 0 unspecified atom stereocenters. The number of halogens is 1. The van der Waals surface area contributed by atoms with Gasteiger partial charge in [-0.3, -0.25) is 9.44 Å². The number of sulfonamides is 2. The van der Waals surface area contributed by atoms with Gasteiger partial charge in [-0.05, 0) is 72.2 Å². The van der Waals surface area contributed by atoms with Gasteiger partial charge in [-0.15, -0.1) is 22.7 Å². The number of aliphatic hydroxyl groups excluding tert-OH is 1. The van der Waals surface area contributed by atoms with Gasteiger partial charge in [0.15, 0.2) is 23.3 Å². The van der Waals surface area contributed by atoms with Crippen molar-refractivity contribution in [3.8, 4) is 51.4 Å². The van der Waals surface area contributed by atoms with Crippen molar-refractivity contribution in [1.82, 2.24) is 39.9 Å². The van der Waals surface area contributed by atoms with Gasteiger partial charge in [-0.1, -0.05) is 83.4 Å². The minimum atomic E-state index is -3.95. The Hall–Kier alpha value is -6.81. The first kappa shape index (κ1) is 46.2. The Labute approximate surface area is 387 Å². The largest absolute Gasteiger partial charge is 0.475 e. The fourth-order valence-electron chi connectivity index (χ4n) is 5.68. The van der Waals surface area contributed by atoms with Gasteiger partial charge < -0.3 is 9.84 Å². The molecule has 8 rings (SSSR count). The Kier molecular flexibility index (Phi) is 15.1. The summed E-state index contributed by atoms with van der Waals surface area (Å²) in [5.41, 5.74) is 4.10. The fraction of sp³-hybridized carbons (Fsp3) is 0.0909. The summed E-state index contributed by atoms with van der Waals surface area (Å²) in [5, 5.41) is 15.3. The Morgan fingerprint density at radius 3 is 1.49 bits per heavy atom. The SMILES string of the molecule is Cc1ccc(-c2c(Cl)nc(-c3ncccn3)nc2NS(=O)(=O)/C=C/c2cccs2)cc1.Cc1ccc(-c2c(NS(=O)(=O)/C=C/c3cccs3)nc(-c3ncccn3)nc2OCCO)cc1. The second-order valence-electron chi connectivity index (χ2n) is 13.5. The van der Waals surface area contributed by atoms with Crippen LogP contribution in [0.1, 0.15) is 20.9 Å². The molecule has 0 aliphatic carbocycles. The summed E-state index contributed by atoms with van der Waals surface area (Å²) < 4.78 is 62.2. The number of aliphatic hydroxyl groups is 1. The maximum Gasteiger partial charge on any atom is 0.256 e. The first-order valence-electron chi connectivity index (χ1n) is 19.3. The van der Waals surface area contributed by atoms with Crippen LogP contribution in [0.25, 0.3) is 57.7 Å². The van der Waals surface area contributed by atoms with Crippen molar-refractivity contribution in [3.05, 3.63) is 157 Å². The third kappa shape index (κ3) is 12.7. The van der Waals surface area contributed by atoms with E-state index < -0.39 is 20.0 Å². The lowest BCUT2D eigenvalue weighted by molar-refractivity contribution is 0.197. The van der Waals surface area contributed by atoms with Gasteiger partial charge in [0.25, 0.3) is 20.0 Å². The highest BCUT2D eigenvalue weighted by Crippen LogP contribution is 2.38. The van der Waals surface area contributed by atoms with E-state index in [2.05, 4.69) is 49.3 Å². The molecule has 0 amide bonds. The van der Waals surface area contributed by atoms with E-state index in [1.807, 2.05) is 97.4 Å². The Balaban J connectivity index is 0.000000195. The monoisotopic (exact) mass is 964 g/mol. The molecule has 0 saturated carbocycles. The lowest BCUT2D eigenvalue weighted by atomic mass is 10.1. The van der Waals surface area contributed by atoms with E-state index >= 15 is 0 Å². The van der Waals surface area contributed by atoms with Crippen molar-refractivity contribution in [2.75, 3.05) is 22.7 Å². The predicted octanol–water partition coefficient (Wildman–Crippen LogP) is 8.79. The molecule has 0 aliphatic rings. The van der Waals surface area contributed by atoms with Crippen LogP contribution in [0.15, 0.2) is 131 Å². The molecule has 0 aliphatic heterocycles. The van der Waals surface area contributed by atoms with Gasteiger partial charge in [-0.2, -0.15) is 4.98 Å². The molecular formula is C44H37ClN10O6S4. The first-order valence-corrected chi connectivity index (χ1v) is 24.5. The van der Waals surface area contributed by atoms with Crippen molar-refractivity contribution in [2.24, 2.45) is 0 Å². The van der Waals surface area contributed by atoms with E-state index in [9.17, 15) is 21.9 Å². The van der Waals surface area contributed by atoms with Crippen molar-refractivity contribution < 1.29 is 26.7 Å². The second kappa shape index (κ2) is 21.2. The molecular weight excluding hydrogens is 928 g/mol. The molecule has 8 aromatic rings. The molecule has 0 spiro atoms. The van der Waals surface area contributed by atoms with Crippen LogP contribution in [0.3, 0.4) is 0 Å². The summed E-state index contributed by atoms with van der Waals surface area (Å²) >= 11 is 9.34. The number of aryl methyl sites for hydroxylation is 2. The number of rotatable bonds is 15. The summed E-state index contributed by atoms with van der Waals surface area (Å²) in [6.07, 6.45) is 9.16. The second-order valence-corrected chi connectivity index (χ2v) is 19.0. The maximum absolute atomic E-state index is 12.9. The standard InChI is InChI=1S/C23H21N5O4S2.C21H16ClN5O2S2/c1-16-5-7-17(8-6-16)19-20(28-34(30,31)15-9-18-4-2-14-33-18)26-22(21-24-10-3-11-25-21)27-23(19)32-13-12-29;1-14-5-7-15(8-6-14)17-18(22)25-21(20-23-10-3-11-24-20)26-19(17)27-31(28,29)13-9-16-4-2-12-30-16/h2-11,14-15,29H,12-13H2,1H3,(H,26,27,28);2-13H,1H3,(H,25,26,27)/b15-9+;13-9+. The van der Waals surface area contributed by atoms with Crippen LogP contribution < -0.4 is 14.2 Å². The van der Waals surface area contributed by atoms with E-state index in [1.54, 1.807) is 24.5 Å². The molecule has 65 heavy (non-hydrogen) atoms. The Bertz CT molecular complexity index is 3130. The van der Waals surface area contributed by atoms with E-state index in [0.29, 0.717) is 22.3 Å². The van der Waals surface area contributed by atoms with Crippen LogP contribution in [-0.2, 0) is 20.0 Å². The van der Waals surface area contributed by atoms with Crippen LogP contribution in [0, 0.1) is 13.8 Å². The predicted molar refractivity (Wildman–Crippen MR) is 256 cm³/mol. The fourth-order valence-corrected chi connectivity index (χ4v) is 8.99. The van der Waals surface area contributed by atoms with Crippen LogP contribution in [0.4, 0.5) is 11.6 Å². The highest BCUT2D eigenvalue weighted by atomic mass is 35.5. The number of hydrogen-bond acceptors (Lipinski definition) is 16. The smallest absolute Gasteiger partial charge is 0.256 e. The lowest BCUT2D eigenvalue weighted by Crippen LogP contribution is -2.14. The molecule has 16 nitrogen and oxygen atoms in total. The summed E-state index contributed by atoms with van der Waals surface area (Å²) in [5.74, 6) is 0.754. The van der Waals surface area contributed by atoms with Gasteiger partial charge in [-0.25, -0.2) is 51.7 Å². The average Bonchev–Trinajstić information content (AvgIpc) is 4.04. The molecule has 0 fully saturated rings. The lowest BCUT2D eigenvalue weighted by Gasteiger charge is -2.16. The molecule has 6 heterocycles. The highest BCUT2D eigenvalue weighted by molar-refractivity contribution is 7.96. The Morgan fingerprint density at radius 1 is 0.600 bits per heavy atom. The summed E-state index contributed by atoms with van der Waals surface area (Å²) in [4.78, 5) is 35.7. The average molecular weight is 966 g/mol. The summed E-state index contributed by atoms with van der Waals surface area (Å²) in [7, 11) is -7.82. The molecule has 3 N–H and O–H groups in total. The molecule has 330 valence electrons. The summed E-state index contributed by atoms with van der Waals surface area (Å²) in [6, 6.07) is 25.5. The molecule has 0 bridgehead atoms. The number of nitrogens with one attached hydrogen (secondary N) is 2. The number of hydrogen-bond donors (Lipinski definition) is 3. The van der Waals surface area contributed by atoms with E-state index in [4.69, 9.17) is 16.3 Å². The topological polar surface area (TPSA) is 225 Å². The zero-order valence-corrected chi connectivity index (χ0v) is 38.4. The number of ether oxygens (including phenoxy) is 1. The van der Waals surface area contributed by atoms with Gasteiger partial charge in [0.05, 0.1) is 28.5 Å². The van der Waals surface area contributed by atoms with Gasteiger partial charge in [0.1, 0.15) is 11.8 Å². The molecule has 2 aromatic carbocycles. The van der Waals surface area contributed by atoms with Crippen LogP contribution in [0.5, 0.6) is 5.88 Å². The first-order chi connectivity index (χ1) is 31.4. The van der Waals surface area contributed by atoms with Gasteiger partial charge in [0, 0.05) is 34.5 Å². The molecule has 6 aromatic heterocycles. The number of aromatic nitrogens is 8. The molecule has 0 atom stereocenters. The van der Waals surface area contributed by atoms with E-state index in [0.717, 1.165) is 31.7 Å². The van der Waals surface area contributed by atoms with Crippen LogP contribution in [-0.4, -0.2) is 75.0 Å². The third-order valence-electron chi connectivity index (χ3n) is 8.67. The van der Waals surface area contributed by atoms with Crippen molar-refractivity contribution in [3.63, 3.8) is 0 Å². The van der Waals surface area contributed by atoms with Crippen LogP contribution >= 0.6 is 34.3 Å². The van der Waals surface area contributed by atoms with Gasteiger partial charge >= 0.3 is 0 Å². The number of thiophene rings is 2. The van der Waals surface area contributed by atoms with E-state index in [1.165, 1.54) is 47.2 Å². The highest BCUT2D eigenvalue weighted by Gasteiger charge is 2.23. The minimum absolute atomic E-state index is 0.00470. The van der Waals surface area contributed by atoms with Crippen LogP contribution in [0.2, 0.25) is 5.15 Å². The third-order valence-corrected chi connectivity index (χ3v) is 12.6. The molecule has 0 saturated heterocycles. The van der Waals surface area contributed by atoms with Gasteiger partial charge in [0.2, 0.25) is 17.5 Å². The maximum atomic E-state index is 12.9. The summed E-state index contributed by atoms with van der Waals surface area (Å²) in [6.45, 7) is 3.60. The van der Waals surface area contributed by atoms with E-state index in [-0.39, 0.29) is 59.2 Å². The quantitative estimate of drug-likeness (QED) is 0.0817. The Morgan fingerprint density at radius 2 is 1.05 bits per heavy atom. The zero-order chi connectivity index (χ0) is 45.8. The normalized spacial score (nSPS) is 11.6. The zero-order valence-electron chi connectivity index (χ0n) is 34.3. The number of nitrogens with zero attached hydrogens (tertiary/aromatic N) is 8.